The largest absolute Gasteiger partial charge is 0.405 e. The topological polar surface area (TPSA) is 68.2 Å². The van der Waals surface area contributed by atoms with Gasteiger partial charge in [0.15, 0.2) is 0 Å². The third kappa shape index (κ3) is 4.61. The summed E-state index contributed by atoms with van der Waals surface area (Å²) in [5, 5.41) is 23.6. The minimum Gasteiger partial charge on any atom is -0.405 e. The summed E-state index contributed by atoms with van der Waals surface area (Å²) in [4.78, 5) is 0. The van der Waals surface area contributed by atoms with E-state index in [1.807, 2.05) is 25.1 Å². The number of hydrogen-bond acceptors (Lipinski definition) is 5. The van der Waals surface area contributed by atoms with Crippen LogP contribution in [0.2, 0.25) is 5.04 Å². The molecule has 0 aromatic heterocycles. The molecule has 2 N–H and O–H groups in total. The predicted octanol–water partition coefficient (Wildman–Crippen LogP) is 3.14. The number of hydrogen-bond donors (Lipinski definition) is 2. The molecule has 6 heteroatoms. The van der Waals surface area contributed by atoms with Crippen LogP contribution in [0.4, 0.5) is 0 Å². The number of aliphatic hydroxyl groups excluding tert-OH is 2. The second-order valence-corrected chi connectivity index (χ2v) is 14.6. The van der Waals surface area contributed by atoms with Crippen molar-refractivity contribution in [1.29, 1.82) is 0 Å². The van der Waals surface area contributed by atoms with Crippen molar-refractivity contribution in [2.75, 3.05) is 6.61 Å². The molecule has 0 saturated carbocycles. The fourth-order valence-corrected chi connectivity index (χ4v) is 9.78. The SMILES string of the molecule is C[C@H]1CC=C[C@]2(O[C@@H](CO[Si](c3ccccc3)(c3ccccc3)C(C)(C)C)C[C@H](O)[C@@H]2O)O1. The van der Waals surface area contributed by atoms with E-state index in [-0.39, 0.29) is 17.6 Å². The van der Waals surface area contributed by atoms with Crippen molar-refractivity contribution in [3.63, 3.8) is 0 Å². The van der Waals surface area contributed by atoms with E-state index >= 15 is 0 Å². The van der Waals surface area contributed by atoms with Gasteiger partial charge in [-0.25, -0.2) is 0 Å². The lowest BCUT2D eigenvalue weighted by atomic mass is 9.93. The van der Waals surface area contributed by atoms with Crippen molar-refractivity contribution < 1.29 is 24.1 Å². The van der Waals surface area contributed by atoms with Crippen molar-refractivity contribution >= 4 is 18.7 Å². The summed E-state index contributed by atoms with van der Waals surface area (Å²) in [5.74, 6) is -1.34. The smallest absolute Gasteiger partial charge is 0.261 e. The van der Waals surface area contributed by atoms with Crippen molar-refractivity contribution in [2.45, 2.75) is 75.8 Å². The van der Waals surface area contributed by atoms with Gasteiger partial charge in [0.1, 0.15) is 6.10 Å². The van der Waals surface area contributed by atoms with E-state index < -0.39 is 32.4 Å². The Balaban J connectivity index is 1.68. The van der Waals surface area contributed by atoms with E-state index in [9.17, 15) is 10.2 Å². The zero-order valence-electron chi connectivity index (χ0n) is 20.0. The highest BCUT2D eigenvalue weighted by atomic mass is 28.4. The molecule has 0 unspecified atom stereocenters. The molecule has 1 fully saturated rings. The molecule has 2 aliphatic heterocycles. The molecule has 5 atom stereocenters. The minimum absolute atomic E-state index is 0.104. The van der Waals surface area contributed by atoms with Crippen LogP contribution in [0.15, 0.2) is 72.8 Å². The summed E-state index contributed by atoms with van der Waals surface area (Å²) in [5.41, 5.74) is 0. The first-order valence-electron chi connectivity index (χ1n) is 11.8. The third-order valence-electron chi connectivity index (χ3n) is 6.74. The van der Waals surface area contributed by atoms with Crippen LogP contribution in [-0.2, 0) is 13.9 Å². The van der Waals surface area contributed by atoms with Gasteiger partial charge in [-0.1, -0.05) is 87.5 Å². The van der Waals surface area contributed by atoms with Crippen LogP contribution in [0.1, 0.15) is 40.5 Å². The lowest BCUT2D eigenvalue weighted by Crippen LogP contribution is -2.68. The Bertz CT molecular complexity index is 902. The molecule has 0 radical (unpaired) electrons. The van der Waals surface area contributed by atoms with Crippen molar-refractivity contribution in [1.82, 2.24) is 0 Å². The quantitative estimate of drug-likeness (QED) is 0.521. The maximum atomic E-state index is 10.7. The first kappa shape index (κ1) is 24.3. The van der Waals surface area contributed by atoms with Crippen molar-refractivity contribution in [3.05, 3.63) is 72.8 Å². The Morgan fingerprint density at radius 2 is 1.55 bits per heavy atom. The second-order valence-electron chi connectivity index (χ2n) is 10.2. The molecule has 33 heavy (non-hydrogen) atoms. The molecule has 2 aromatic carbocycles. The zero-order chi connectivity index (χ0) is 23.7. The highest BCUT2D eigenvalue weighted by Gasteiger charge is 2.53. The minimum atomic E-state index is -2.73. The van der Waals surface area contributed by atoms with Crippen LogP contribution in [0, 0.1) is 0 Å². The van der Waals surface area contributed by atoms with E-state index in [0.29, 0.717) is 6.61 Å². The highest BCUT2D eigenvalue weighted by molar-refractivity contribution is 6.99. The lowest BCUT2D eigenvalue weighted by Gasteiger charge is -2.48. The Morgan fingerprint density at radius 1 is 0.970 bits per heavy atom. The van der Waals surface area contributed by atoms with Crippen LogP contribution >= 0.6 is 0 Å². The monoisotopic (exact) mass is 468 g/mol. The predicted molar refractivity (Wildman–Crippen MR) is 132 cm³/mol. The van der Waals surface area contributed by atoms with Crippen LogP contribution in [0.3, 0.4) is 0 Å². The zero-order valence-corrected chi connectivity index (χ0v) is 21.0. The summed E-state index contributed by atoms with van der Waals surface area (Å²) in [6.07, 6.45) is 2.12. The molecule has 2 heterocycles. The summed E-state index contributed by atoms with van der Waals surface area (Å²) < 4.78 is 19.4. The summed E-state index contributed by atoms with van der Waals surface area (Å²) >= 11 is 0. The van der Waals surface area contributed by atoms with Crippen molar-refractivity contribution in [2.24, 2.45) is 0 Å². The molecule has 2 aromatic rings. The first-order chi connectivity index (χ1) is 15.7. The summed E-state index contributed by atoms with van der Waals surface area (Å²) in [6.45, 7) is 8.93. The summed E-state index contributed by atoms with van der Waals surface area (Å²) in [6, 6.07) is 20.9. The van der Waals surface area contributed by atoms with Crippen LogP contribution < -0.4 is 10.4 Å². The van der Waals surface area contributed by atoms with E-state index in [1.54, 1.807) is 6.08 Å². The second kappa shape index (κ2) is 9.45. The molecule has 178 valence electrons. The first-order valence-corrected chi connectivity index (χ1v) is 13.7. The van der Waals surface area contributed by atoms with Gasteiger partial charge in [-0.05, 0) is 34.8 Å². The standard InChI is InChI=1S/C27H36O5Si/c1-20-12-11-17-27(31-20)25(29)24(28)18-21(32-27)19-30-33(26(2,3)4,22-13-7-5-8-14-22)23-15-9-6-10-16-23/h5-11,13-17,20-21,24-25,28-29H,12,18-19H2,1-4H3/t20-,21+,24-,25-,27+/m0/s1. The number of benzene rings is 2. The van der Waals surface area contributed by atoms with Gasteiger partial charge in [-0.15, -0.1) is 0 Å². The van der Waals surface area contributed by atoms with E-state index in [2.05, 4.69) is 69.3 Å². The van der Waals surface area contributed by atoms with Crippen LogP contribution in [-0.4, -0.2) is 55.3 Å². The third-order valence-corrected chi connectivity index (χ3v) is 11.7. The van der Waals surface area contributed by atoms with Crippen LogP contribution in [0.5, 0.6) is 0 Å². The molecule has 2 aliphatic rings. The lowest BCUT2D eigenvalue weighted by molar-refractivity contribution is -0.332. The van der Waals surface area contributed by atoms with Gasteiger partial charge in [0.25, 0.3) is 8.32 Å². The van der Waals surface area contributed by atoms with Gasteiger partial charge in [-0.3, -0.25) is 0 Å². The molecular formula is C27H36O5Si. The molecule has 1 saturated heterocycles. The van der Waals surface area contributed by atoms with E-state index in [0.717, 1.165) is 6.42 Å². The van der Waals surface area contributed by atoms with Crippen LogP contribution in [0.25, 0.3) is 0 Å². The maximum Gasteiger partial charge on any atom is 0.261 e. The molecule has 1 spiro atoms. The molecular weight excluding hydrogens is 432 g/mol. The highest BCUT2D eigenvalue weighted by Crippen LogP contribution is 2.39. The van der Waals surface area contributed by atoms with Gasteiger partial charge < -0.3 is 24.1 Å². The molecule has 0 amide bonds. The van der Waals surface area contributed by atoms with Crippen molar-refractivity contribution in [3.8, 4) is 0 Å². The fourth-order valence-electron chi connectivity index (χ4n) is 5.19. The molecule has 4 rings (SSSR count). The Morgan fingerprint density at radius 3 is 2.06 bits per heavy atom. The Labute approximate surface area is 198 Å². The Kier molecular flexibility index (Phi) is 6.96. The van der Waals surface area contributed by atoms with Gasteiger partial charge in [-0.2, -0.15) is 0 Å². The summed E-state index contributed by atoms with van der Waals surface area (Å²) in [7, 11) is -2.73. The van der Waals surface area contributed by atoms with Gasteiger partial charge in [0, 0.05) is 6.42 Å². The average molecular weight is 469 g/mol. The molecule has 0 bridgehead atoms. The fraction of sp³-hybridized carbons (Fsp3) is 0.481. The van der Waals surface area contributed by atoms with E-state index in [1.165, 1.54) is 10.4 Å². The average Bonchev–Trinajstić information content (AvgIpc) is 2.78. The molecule has 5 nitrogen and oxygen atoms in total. The maximum absolute atomic E-state index is 10.7. The normalized spacial score (nSPS) is 30.5. The number of ether oxygens (including phenoxy) is 2. The number of rotatable bonds is 5. The molecule has 0 aliphatic carbocycles. The Hall–Kier alpha value is -1.80. The van der Waals surface area contributed by atoms with Gasteiger partial charge in [0.05, 0.1) is 24.9 Å². The number of aliphatic hydroxyl groups is 2. The van der Waals surface area contributed by atoms with Gasteiger partial charge >= 0.3 is 0 Å². The van der Waals surface area contributed by atoms with Gasteiger partial charge in [0.2, 0.25) is 5.79 Å². The van der Waals surface area contributed by atoms with E-state index in [4.69, 9.17) is 13.9 Å².